The van der Waals surface area contributed by atoms with Crippen molar-refractivity contribution in [1.29, 1.82) is 0 Å². The van der Waals surface area contributed by atoms with Crippen molar-refractivity contribution in [3.63, 3.8) is 0 Å². The smallest absolute Gasteiger partial charge is 0.0300 e. The van der Waals surface area contributed by atoms with Crippen LogP contribution in [0.2, 0.25) is 0 Å². The van der Waals surface area contributed by atoms with Crippen LogP contribution < -0.4 is 5.73 Å². The summed E-state index contributed by atoms with van der Waals surface area (Å²) in [6.45, 7) is 8.98. The van der Waals surface area contributed by atoms with E-state index in [1.807, 2.05) is 0 Å². The first kappa shape index (κ1) is 13.2. The summed E-state index contributed by atoms with van der Waals surface area (Å²) in [6.07, 6.45) is 3.53. The molecule has 1 rings (SSSR count). The summed E-state index contributed by atoms with van der Waals surface area (Å²) >= 11 is 0. The molecule has 1 atom stereocenters. The molecule has 0 saturated heterocycles. The van der Waals surface area contributed by atoms with Gasteiger partial charge in [-0.25, -0.2) is 0 Å². The van der Waals surface area contributed by atoms with Gasteiger partial charge >= 0.3 is 0 Å². The SMILES string of the molecule is CCCC(C)(C)CC(N)c1cccc(C)c1. The van der Waals surface area contributed by atoms with E-state index in [1.54, 1.807) is 0 Å². The van der Waals surface area contributed by atoms with Gasteiger partial charge in [0.25, 0.3) is 0 Å². The summed E-state index contributed by atoms with van der Waals surface area (Å²) < 4.78 is 0. The molecule has 0 aliphatic rings. The predicted octanol–water partition coefficient (Wildman–Crippen LogP) is 4.21. The van der Waals surface area contributed by atoms with Gasteiger partial charge < -0.3 is 5.73 Å². The van der Waals surface area contributed by atoms with Gasteiger partial charge in [0.15, 0.2) is 0 Å². The van der Waals surface area contributed by atoms with Crippen molar-refractivity contribution in [2.45, 2.75) is 53.0 Å². The lowest BCUT2D eigenvalue weighted by molar-refractivity contribution is 0.280. The number of rotatable bonds is 5. The van der Waals surface area contributed by atoms with Crippen LogP contribution in [0.3, 0.4) is 0 Å². The van der Waals surface area contributed by atoms with Crippen LogP contribution in [0.25, 0.3) is 0 Å². The maximum Gasteiger partial charge on any atom is 0.0300 e. The molecule has 1 nitrogen and oxygen atoms in total. The van der Waals surface area contributed by atoms with Gasteiger partial charge in [0.1, 0.15) is 0 Å². The molecule has 0 spiro atoms. The molecule has 0 bridgehead atoms. The highest BCUT2D eigenvalue weighted by atomic mass is 14.6. The Morgan fingerprint density at radius 1 is 1.31 bits per heavy atom. The molecule has 1 heteroatoms. The molecule has 0 heterocycles. The zero-order valence-electron chi connectivity index (χ0n) is 11.1. The van der Waals surface area contributed by atoms with Crippen LogP contribution in [-0.4, -0.2) is 0 Å². The summed E-state index contributed by atoms with van der Waals surface area (Å²) in [7, 11) is 0. The Bertz CT molecular complexity index is 328. The minimum atomic E-state index is 0.168. The van der Waals surface area contributed by atoms with E-state index in [-0.39, 0.29) is 6.04 Å². The molecule has 0 fully saturated rings. The van der Waals surface area contributed by atoms with Gasteiger partial charge in [-0.2, -0.15) is 0 Å². The van der Waals surface area contributed by atoms with Gasteiger partial charge in [0.2, 0.25) is 0 Å². The van der Waals surface area contributed by atoms with E-state index in [9.17, 15) is 0 Å². The highest BCUT2D eigenvalue weighted by Crippen LogP contribution is 2.32. The quantitative estimate of drug-likeness (QED) is 0.788. The van der Waals surface area contributed by atoms with Crippen molar-refractivity contribution in [2.75, 3.05) is 0 Å². The molecule has 0 aliphatic heterocycles. The molecule has 0 amide bonds. The maximum absolute atomic E-state index is 6.28. The number of hydrogen-bond acceptors (Lipinski definition) is 1. The molecule has 90 valence electrons. The highest BCUT2D eigenvalue weighted by molar-refractivity contribution is 5.24. The van der Waals surface area contributed by atoms with Gasteiger partial charge in [-0.3, -0.25) is 0 Å². The van der Waals surface area contributed by atoms with E-state index in [1.165, 1.54) is 24.0 Å². The van der Waals surface area contributed by atoms with Crippen LogP contribution in [-0.2, 0) is 0 Å². The minimum absolute atomic E-state index is 0.168. The zero-order chi connectivity index (χ0) is 12.2. The molecule has 0 aliphatic carbocycles. The molecule has 1 aromatic rings. The first-order valence-corrected chi connectivity index (χ1v) is 6.27. The van der Waals surface area contributed by atoms with E-state index in [0.29, 0.717) is 5.41 Å². The molecule has 0 saturated carbocycles. The fourth-order valence-corrected chi connectivity index (χ4v) is 2.39. The van der Waals surface area contributed by atoms with E-state index >= 15 is 0 Å². The summed E-state index contributed by atoms with van der Waals surface area (Å²) in [5, 5.41) is 0. The van der Waals surface area contributed by atoms with Gasteiger partial charge in [0, 0.05) is 6.04 Å². The molecular weight excluding hydrogens is 194 g/mol. The fraction of sp³-hybridized carbons (Fsp3) is 0.600. The average Bonchev–Trinajstić information content (AvgIpc) is 2.16. The number of nitrogens with two attached hydrogens (primary N) is 1. The zero-order valence-corrected chi connectivity index (χ0v) is 11.1. The third-order valence-corrected chi connectivity index (χ3v) is 3.17. The maximum atomic E-state index is 6.28. The van der Waals surface area contributed by atoms with Crippen molar-refractivity contribution in [2.24, 2.45) is 11.1 Å². The number of aryl methyl sites for hydroxylation is 1. The molecule has 0 aromatic heterocycles. The van der Waals surface area contributed by atoms with Gasteiger partial charge in [0.05, 0.1) is 0 Å². The second-order valence-electron chi connectivity index (χ2n) is 5.64. The van der Waals surface area contributed by atoms with Crippen molar-refractivity contribution in [1.82, 2.24) is 0 Å². The molecule has 1 unspecified atom stereocenters. The van der Waals surface area contributed by atoms with Gasteiger partial charge in [-0.15, -0.1) is 0 Å². The second kappa shape index (κ2) is 5.49. The third-order valence-electron chi connectivity index (χ3n) is 3.17. The van der Waals surface area contributed by atoms with E-state index in [0.717, 1.165) is 6.42 Å². The fourth-order valence-electron chi connectivity index (χ4n) is 2.39. The molecule has 0 radical (unpaired) electrons. The van der Waals surface area contributed by atoms with E-state index in [4.69, 9.17) is 5.73 Å². The molecule has 16 heavy (non-hydrogen) atoms. The van der Waals surface area contributed by atoms with E-state index < -0.39 is 0 Å². The van der Waals surface area contributed by atoms with Crippen LogP contribution in [0, 0.1) is 12.3 Å². The minimum Gasteiger partial charge on any atom is -0.324 e. The summed E-state index contributed by atoms with van der Waals surface area (Å²) in [5.74, 6) is 0. The first-order chi connectivity index (χ1) is 7.44. The van der Waals surface area contributed by atoms with E-state index in [2.05, 4.69) is 52.0 Å². The Balaban J connectivity index is 2.68. The summed E-state index contributed by atoms with van der Waals surface area (Å²) in [6, 6.07) is 8.72. The Kier molecular flexibility index (Phi) is 4.55. The standard InChI is InChI=1S/C15H25N/c1-5-9-15(3,4)11-14(16)13-8-6-7-12(2)10-13/h6-8,10,14H,5,9,11,16H2,1-4H3. The lowest BCUT2D eigenvalue weighted by Gasteiger charge is -2.28. The summed E-state index contributed by atoms with van der Waals surface area (Å²) in [4.78, 5) is 0. The van der Waals surface area contributed by atoms with Crippen molar-refractivity contribution in [3.8, 4) is 0 Å². The largest absolute Gasteiger partial charge is 0.324 e. The Morgan fingerprint density at radius 2 is 2.00 bits per heavy atom. The summed E-state index contributed by atoms with van der Waals surface area (Å²) in [5.41, 5.74) is 9.19. The topological polar surface area (TPSA) is 26.0 Å². The van der Waals surface area contributed by atoms with Crippen molar-refractivity contribution >= 4 is 0 Å². The van der Waals surface area contributed by atoms with Crippen LogP contribution in [0.5, 0.6) is 0 Å². The van der Waals surface area contributed by atoms with Crippen molar-refractivity contribution < 1.29 is 0 Å². The van der Waals surface area contributed by atoms with Gasteiger partial charge in [-0.1, -0.05) is 57.0 Å². The Morgan fingerprint density at radius 3 is 2.56 bits per heavy atom. The lowest BCUT2D eigenvalue weighted by Crippen LogP contribution is -2.21. The number of hydrogen-bond donors (Lipinski definition) is 1. The van der Waals surface area contributed by atoms with Crippen LogP contribution in [0.1, 0.15) is 57.2 Å². The first-order valence-electron chi connectivity index (χ1n) is 6.27. The molecule has 1 aromatic carbocycles. The predicted molar refractivity (Wildman–Crippen MR) is 71.4 cm³/mol. The van der Waals surface area contributed by atoms with Crippen molar-refractivity contribution in [3.05, 3.63) is 35.4 Å². The monoisotopic (exact) mass is 219 g/mol. The average molecular weight is 219 g/mol. The third kappa shape index (κ3) is 3.97. The number of benzene rings is 1. The molecule has 2 N–H and O–H groups in total. The molecular formula is C15H25N. The highest BCUT2D eigenvalue weighted by Gasteiger charge is 2.21. The lowest BCUT2D eigenvalue weighted by atomic mass is 9.80. The van der Waals surface area contributed by atoms with Crippen LogP contribution in [0.15, 0.2) is 24.3 Å². The Labute approximate surface area is 100 Å². The second-order valence-corrected chi connectivity index (χ2v) is 5.64. The van der Waals surface area contributed by atoms with Crippen LogP contribution in [0.4, 0.5) is 0 Å². The normalized spacial score (nSPS) is 13.8. The Hall–Kier alpha value is -0.820. The van der Waals surface area contributed by atoms with Gasteiger partial charge in [-0.05, 0) is 30.7 Å². The van der Waals surface area contributed by atoms with Crippen LogP contribution >= 0.6 is 0 Å².